The van der Waals surface area contributed by atoms with Crippen molar-refractivity contribution in [2.75, 3.05) is 20.8 Å². The molecule has 22 heavy (non-hydrogen) atoms. The average molecular weight is 301 g/mol. The zero-order valence-electron chi connectivity index (χ0n) is 12.9. The van der Waals surface area contributed by atoms with E-state index in [0.717, 1.165) is 16.3 Å². The third-order valence-corrected chi connectivity index (χ3v) is 3.54. The molecule has 0 saturated carbocycles. The van der Waals surface area contributed by atoms with Gasteiger partial charge in [0.15, 0.2) is 0 Å². The number of rotatable bonds is 5. The molecule has 0 saturated heterocycles. The number of methoxy groups -OCH3 is 2. The predicted molar refractivity (Wildman–Crippen MR) is 83.9 cm³/mol. The summed E-state index contributed by atoms with van der Waals surface area (Å²) in [6.07, 6.45) is 0. The summed E-state index contributed by atoms with van der Waals surface area (Å²) in [5.41, 5.74) is 0.803. The van der Waals surface area contributed by atoms with Gasteiger partial charge in [-0.2, -0.15) is 0 Å². The Morgan fingerprint density at radius 1 is 1.18 bits per heavy atom. The molecular weight excluding hydrogens is 282 g/mol. The zero-order chi connectivity index (χ0) is 16.1. The van der Waals surface area contributed by atoms with Crippen molar-refractivity contribution < 1.29 is 19.1 Å². The monoisotopic (exact) mass is 301 g/mol. The predicted octanol–water partition coefficient (Wildman–Crippen LogP) is 2.24. The van der Waals surface area contributed by atoms with Crippen LogP contribution in [0.25, 0.3) is 10.8 Å². The van der Waals surface area contributed by atoms with Gasteiger partial charge in [-0.25, -0.2) is 0 Å². The first-order valence-corrected chi connectivity index (χ1v) is 6.95. The minimum Gasteiger partial charge on any atom is -0.497 e. The molecule has 0 aliphatic rings. The Hall–Kier alpha value is -2.56. The Bertz CT molecular complexity index is 696. The van der Waals surface area contributed by atoms with E-state index in [1.165, 1.54) is 14.0 Å². The van der Waals surface area contributed by atoms with E-state index in [4.69, 9.17) is 9.47 Å². The Kier molecular flexibility index (Phi) is 4.99. The van der Waals surface area contributed by atoms with Crippen LogP contribution < -0.4 is 10.1 Å². The zero-order valence-corrected chi connectivity index (χ0v) is 12.9. The molecule has 2 rings (SSSR count). The van der Waals surface area contributed by atoms with E-state index in [9.17, 15) is 9.59 Å². The van der Waals surface area contributed by atoms with Gasteiger partial charge in [0.1, 0.15) is 5.75 Å². The first-order valence-electron chi connectivity index (χ1n) is 6.95. The number of esters is 1. The van der Waals surface area contributed by atoms with Gasteiger partial charge in [-0.1, -0.05) is 24.3 Å². The van der Waals surface area contributed by atoms with Crippen LogP contribution in [-0.2, 0) is 14.3 Å². The van der Waals surface area contributed by atoms with E-state index in [1.54, 1.807) is 7.11 Å². The minimum atomic E-state index is -0.565. The smallest absolute Gasteiger partial charge is 0.314 e. The van der Waals surface area contributed by atoms with Gasteiger partial charge in [0.2, 0.25) is 5.91 Å². The summed E-state index contributed by atoms with van der Waals surface area (Å²) in [4.78, 5) is 23.3. The standard InChI is InChI=1S/C17H19NO4/c1-11(19)18-10-16(17(20)22-3)14-6-4-5-12-7-8-13(21-2)9-15(12)14/h4-9,16H,10H2,1-3H3,(H,18,19). The van der Waals surface area contributed by atoms with Gasteiger partial charge >= 0.3 is 5.97 Å². The summed E-state index contributed by atoms with van der Waals surface area (Å²) in [5, 5.41) is 4.58. The number of hydrogen-bond acceptors (Lipinski definition) is 4. The summed E-state index contributed by atoms with van der Waals surface area (Å²) in [7, 11) is 2.94. The molecular formula is C17H19NO4. The highest BCUT2D eigenvalue weighted by molar-refractivity contribution is 5.92. The van der Waals surface area contributed by atoms with E-state index in [0.29, 0.717) is 5.75 Å². The van der Waals surface area contributed by atoms with Crippen molar-refractivity contribution in [1.29, 1.82) is 0 Å². The van der Waals surface area contributed by atoms with Crippen molar-refractivity contribution in [3.05, 3.63) is 42.0 Å². The Labute approximate surface area is 129 Å². The SMILES string of the molecule is COC(=O)C(CNC(C)=O)c1cccc2ccc(OC)cc12. The molecule has 0 aliphatic heterocycles. The number of benzene rings is 2. The van der Waals surface area contributed by atoms with Gasteiger partial charge in [-0.15, -0.1) is 0 Å². The van der Waals surface area contributed by atoms with Gasteiger partial charge in [-0.05, 0) is 28.5 Å². The van der Waals surface area contributed by atoms with Crippen molar-refractivity contribution in [2.45, 2.75) is 12.8 Å². The van der Waals surface area contributed by atoms with Gasteiger partial charge in [0.05, 0.1) is 20.1 Å². The lowest BCUT2D eigenvalue weighted by atomic mass is 9.93. The highest BCUT2D eigenvalue weighted by atomic mass is 16.5. The third-order valence-electron chi connectivity index (χ3n) is 3.54. The van der Waals surface area contributed by atoms with Crippen molar-refractivity contribution >= 4 is 22.6 Å². The molecule has 116 valence electrons. The van der Waals surface area contributed by atoms with E-state index >= 15 is 0 Å². The molecule has 0 aromatic heterocycles. The minimum absolute atomic E-state index is 0.188. The quantitative estimate of drug-likeness (QED) is 0.860. The summed E-state index contributed by atoms with van der Waals surface area (Å²) in [6, 6.07) is 11.4. The molecule has 0 spiro atoms. The van der Waals surface area contributed by atoms with Crippen LogP contribution in [0.3, 0.4) is 0 Å². The van der Waals surface area contributed by atoms with Crippen LogP contribution in [0.4, 0.5) is 0 Å². The fourth-order valence-electron chi connectivity index (χ4n) is 2.42. The van der Waals surface area contributed by atoms with Crippen LogP contribution in [0.5, 0.6) is 5.75 Å². The lowest BCUT2D eigenvalue weighted by Crippen LogP contribution is -2.30. The number of amides is 1. The highest BCUT2D eigenvalue weighted by Gasteiger charge is 2.23. The number of ether oxygens (including phenoxy) is 2. The van der Waals surface area contributed by atoms with Gasteiger partial charge in [0, 0.05) is 13.5 Å². The molecule has 1 unspecified atom stereocenters. The Balaban J connectivity index is 2.51. The molecule has 5 nitrogen and oxygen atoms in total. The topological polar surface area (TPSA) is 64.6 Å². The molecule has 0 aliphatic carbocycles. The fraction of sp³-hybridized carbons (Fsp3) is 0.294. The van der Waals surface area contributed by atoms with Crippen molar-refractivity contribution in [3.8, 4) is 5.75 Å². The molecule has 1 amide bonds. The molecule has 5 heteroatoms. The summed E-state index contributed by atoms with van der Waals surface area (Å²) in [5.74, 6) is -0.427. The van der Waals surface area contributed by atoms with Gasteiger partial charge in [-0.3, -0.25) is 9.59 Å². The van der Waals surface area contributed by atoms with Crippen LogP contribution in [-0.4, -0.2) is 32.6 Å². The van der Waals surface area contributed by atoms with Crippen LogP contribution in [0.1, 0.15) is 18.4 Å². The molecule has 0 heterocycles. The molecule has 2 aromatic carbocycles. The Morgan fingerprint density at radius 3 is 2.59 bits per heavy atom. The highest BCUT2D eigenvalue weighted by Crippen LogP contribution is 2.29. The van der Waals surface area contributed by atoms with Crippen molar-refractivity contribution in [2.24, 2.45) is 0 Å². The maximum absolute atomic E-state index is 12.1. The summed E-state index contributed by atoms with van der Waals surface area (Å²) >= 11 is 0. The normalized spacial score (nSPS) is 11.8. The maximum atomic E-state index is 12.1. The summed E-state index contributed by atoms with van der Waals surface area (Å²) in [6.45, 7) is 1.61. The number of fused-ring (bicyclic) bond motifs is 1. The van der Waals surface area contributed by atoms with Crippen LogP contribution in [0.15, 0.2) is 36.4 Å². The Morgan fingerprint density at radius 2 is 1.95 bits per heavy atom. The number of carbonyl (C=O) groups is 2. The number of nitrogens with one attached hydrogen (secondary N) is 1. The molecule has 1 N–H and O–H groups in total. The molecule has 0 fully saturated rings. The second-order valence-corrected chi connectivity index (χ2v) is 4.95. The molecule has 2 aromatic rings. The average Bonchev–Trinajstić information content (AvgIpc) is 2.54. The lowest BCUT2D eigenvalue weighted by molar-refractivity contribution is -0.142. The second-order valence-electron chi connectivity index (χ2n) is 4.95. The van der Waals surface area contributed by atoms with Crippen molar-refractivity contribution in [1.82, 2.24) is 5.32 Å². The maximum Gasteiger partial charge on any atom is 0.314 e. The molecule has 0 radical (unpaired) electrons. The first kappa shape index (κ1) is 15.8. The van der Waals surface area contributed by atoms with E-state index in [-0.39, 0.29) is 18.4 Å². The first-order chi connectivity index (χ1) is 10.6. The third kappa shape index (κ3) is 3.36. The van der Waals surface area contributed by atoms with Crippen LogP contribution in [0.2, 0.25) is 0 Å². The lowest BCUT2D eigenvalue weighted by Gasteiger charge is -2.18. The molecule has 0 bridgehead atoms. The van der Waals surface area contributed by atoms with E-state index in [1.807, 2.05) is 36.4 Å². The van der Waals surface area contributed by atoms with E-state index in [2.05, 4.69) is 5.32 Å². The number of carbonyl (C=O) groups excluding carboxylic acids is 2. The molecule has 1 atom stereocenters. The van der Waals surface area contributed by atoms with Gasteiger partial charge in [0.25, 0.3) is 0 Å². The fourth-order valence-corrected chi connectivity index (χ4v) is 2.42. The van der Waals surface area contributed by atoms with E-state index < -0.39 is 5.92 Å². The second kappa shape index (κ2) is 6.93. The van der Waals surface area contributed by atoms with Crippen molar-refractivity contribution in [3.63, 3.8) is 0 Å². The summed E-state index contributed by atoms with van der Waals surface area (Å²) < 4.78 is 10.1. The number of hydrogen-bond donors (Lipinski definition) is 1. The largest absolute Gasteiger partial charge is 0.497 e. The van der Waals surface area contributed by atoms with Crippen LogP contribution >= 0.6 is 0 Å². The van der Waals surface area contributed by atoms with Crippen LogP contribution in [0, 0.1) is 0 Å². The van der Waals surface area contributed by atoms with Gasteiger partial charge < -0.3 is 14.8 Å².